The van der Waals surface area contributed by atoms with E-state index in [1.54, 1.807) is 7.05 Å². The number of guanidine groups is 1. The molecule has 1 saturated heterocycles. The van der Waals surface area contributed by atoms with E-state index in [4.69, 9.17) is 4.74 Å². The lowest BCUT2D eigenvalue weighted by Gasteiger charge is -2.34. The zero-order valence-corrected chi connectivity index (χ0v) is 15.4. The number of esters is 1. The average Bonchev–Trinajstić information content (AvgIpc) is 2.69. The Hall–Kier alpha value is -2.63. The summed E-state index contributed by atoms with van der Waals surface area (Å²) in [5.74, 6) is 0.624. The topological polar surface area (TPSA) is 66.8 Å². The third-order valence-electron chi connectivity index (χ3n) is 4.71. The van der Waals surface area contributed by atoms with Gasteiger partial charge in [-0.2, -0.15) is 0 Å². The molecular formula is C20H26N4O2. The molecule has 26 heavy (non-hydrogen) atoms. The molecule has 1 fully saturated rings. The van der Waals surface area contributed by atoms with Crippen LogP contribution in [0.5, 0.6) is 0 Å². The Kier molecular flexibility index (Phi) is 6.04. The van der Waals surface area contributed by atoms with Gasteiger partial charge in [-0.25, -0.2) is 0 Å². The van der Waals surface area contributed by atoms with E-state index in [1.807, 2.05) is 25.3 Å². The molecule has 1 aromatic heterocycles. The first-order valence-corrected chi connectivity index (χ1v) is 9.17. The SMILES string of the molecule is CCOC(=O)C1CCCN(C(=NC)NCc2cccc3cccnc23)C1. The summed E-state index contributed by atoms with van der Waals surface area (Å²) < 4.78 is 5.19. The van der Waals surface area contributed by atoms with E-state index in [2.05, 4.69) is 38.4 Å². The highest BCUT2D eigenvalue weighted by Crippen LogP contribution is 2.19. The highest BCUT2D eigenvalue weighted by Gasteiger charge is 2.28. The molecule has 138 valence electrons. The Labute approximate surface area is 154 Å². The molecule has 6 heteroatoms. The van der Waals surface area contributed by atoms with Gasteiger partial charge in [0.25, 0.3) is 0 Å². The van der Waals surface area contributed by atoms with Crippen LogP contribution >= 0.6 is 0 Å². The van der Waals surface area contributed by atoms with E-state index in [1.165, 1.54) is 0 Å². The van der Waals surface area contributed by atoms with Gasteiger partial charge in [0.05, 0.1) is 18.0 Å². The quantitative estimate of drug-likeness (QED) is 0.519. The zero-order chi connectivity index (χ0) is 18.4. The maximum atomic E-state index is 12.1. The number of benzene rings is 1. The molecule has 0 radical (unpaired) electrons. The molecule has 1 aliphatic rings. The molecule has 0 bridgehead atoms. The summed E-state index contributed by atoms with van der Waals surface area (Å²) in [6, 6.07) is 10.2. The van der Waals surface area contributed by atoms with Crippen LogP contribution in [0.15, 0.2) is 41.5 Å². The van der Waals surface area contributed by atoms with Crippen LogP contribution in [0.2, 0.25) is 0 Å². The van der Waals surface area contributed by atoms with Gasteiger partial charge in [-0.05, 0) is 31.4 Å². The number of rotatable bonds is 4. The summed E-state index contributed by atoms with van der Waals surface area (Å²) in [6.45, 7) is 4.45. The van der Waals surface area contributed by atoms with Crippen LogP contribution in [-0.2, 0) is 16.1 Å². The molecule has 0 spiro atoms. The van der Waals surface area contributed by atoms with Crippen molar-refractivity contribution in [1.29, 1.82) is 0 Å². The lowest BCUT2D eigenvalue weighted by molar-refractivity contribution is -0.149. The summed E-state index contributed by atoms with van der Waals surface area (Å²) >= 11 is 0. The number of ether oxygens (including phenoxy) is 1. The fraction of sp³-hybridized carbons (Fsp3) is 0.450. The number of fused-ring (bicyclic) bond motifs is 1. The van der Waals surface area contributed by atoms with Crippen molar-refractivity contribution in [2.75, 3.05) is 26.7 Å². The van der Waals surface area contributed by atoms with Gasteiger partial charge < -0.3 is 15.0 Å². The van der Waals surface area contributed by atoms with E-state index in [0.717, 1.165) is 41.8 Å². The second kappa shape index (κ2) is 8.65. The summed E-state index contributed by atoms with van der Waals surface area (Å²) in [6.07, 6.45) is 3.65. The minimum Gasteiger partial charge on any atom is -0.466 e. The van der Waals surface area contributed by atoms with Gasteiger partial charge >= 0.3 is 5.97 Å². The number of hydrogen-bond donors (Lipinski definition) is 1. The van der Waals surface area contributed by atoms with Crippen LogP contribution < -0.4 is 5.32 Å². The highest BCUT2D eigenvalue weighted by molar-refractivity contribution is 5.84. The van der Waals surface area contributed by atoms with Crippen LogP contribution in [0.25, 0.3) is 10.9 Å². The van der Waals surface area contributed by atoms with Gasteiger partial charge in [0.15, 0.2) is 5.96 Å². The first kappa shape index (κ1) is 18.2. The van der Waals surface area contributed by atoms with E-state index >= 15 is 0 Å². The van der Waals surface area contributed by atoms with Gasteiger partial charge in [0, 0.05) is 38.3 Å². The van der Waals surface area contributed by atoms with E-state index in [0.29, 0.717) is 19.7 Å². The van der Waals surface area contributed by atoms with Crippen molar-refractivity contribution in [2.24, 2.45) is 10.9 Å². The number of para-hydroxylation sites is 1. The maximum Gasteiger partial charge on any atom is 0.310 e. The molecule has 0 aliphatic carbocycles. The van der Waals surface area contributed by atoms with Crippen molar-refractivity contribution in [3.05, 3.63) is 42.1 Å². The van der Waals surface area contributed by atoms with Crippen LogP contribution in [0, 0.1) is 5.92 Å². The predicted molar refractivity (Wildman–Crippen MR) is 103 cm³/mol. The van der Waals surface area contributed by atoms with Crippen LogP contribution in [0.4, 0.5) is 0 Å². The fourth-order valence-corrected chi connectivity index (χ4v) is 3.44. The number of hydrogen-bond acceptors (Lipinski definition) is 4. The monoisotopic (exact) mass is 354 g/mol. The predicted octanol–water partition coefficient (Wildman–Crippen LogP) is 2.59. The van der Waals surface area contributed by atoms with Crippen molar-refractivity contribution in [3.8, 4) is 0 Å². The van der Waals surface area contributed by atoms with Crippen LogP contribution in [0.1, 0.15) is 25.3 Å². The van der Waals surface area contributed by atoms with Gasteiger partial charge in [0.1, 0.15) is 0 Å². The number of nitrogens with one attached hydrogen (secondary N) is 1. The van der Waals surface area contributed by atoms with Crippen molar-refractivity contribution in [2.45, 2.75) is 26.3 Å². The smallest absolute Gasteiger partial charge is 0.310 e. The Morgan fingerprint density at radius 3 is 3.04 bits per heavy atom. The number of likely N-dealkylation sites (tertiary alicyclic amines) is 1. The van der Waals surface area contributed by atoms with Crippen molar-refractivity contribution in [3.63, 3.8) is 0 Å². The molecule has 1 aromatic carbocycles. The number of piperidine rings is 1. The van der Waals surface area contributed by atoms with E-state index < -0.39 is 0 Å². The third-order valence-corrected chi connectivity index (χ3v) is 4.71. The van der Waals surface area contributed by atoms with Gasteiger partial charge in [-0.1, -0.05) is 24.3 Å². The molecule has 2 heterocycles. The Morgan fingerprint density at radius 2 is 2.23 bits per heavy atom. The standard InChI is InChI=1S/C20H26N4O2/c1-3-26-19(25)17-10-6-12-24(14-17)20(21-2)23-13-16-8-4-7-15-9-5-11-22-18(15)16/h4-5,7-9,11,17H,3,6,10,12-14H2,1-2H3,(H,21,23). The molecule has 1 unspecified atom stereocenters. The van der Waals surface area contributed by atoms with Gasteiger partial charge in [0.2, 0.25) is 0 Å². The summed E-state index contributed by atoms with van der Waals surface area (Å²) in [7, 11) is 1.78. The number of pyridine rings is 1. The van der Waals surface area contributed by atoms with Crippen molar-refractivity contribution in [1.82, 2.24) is 15.2 Å². The Bertz CT molecular complexity index is 785. The molecule has 0 amide bonds. The number of carbonyl (C=O) groups is 1. The molecule has 2 aromatic rings. The first-order chi connectivity index (χ1) is 12.7. The van der Waals surface area contributed by atoms with Gasteiger partial charge in [-0.3, -0.25) is 14.8 Å². The normalized spacial score (nSPS) is 18.0. The molecule has 1 N–H and O–H groups in total. The summed E-state index contributed by atoms with van der Waals surface area (Å²) in [5, 5.41) is 4.55. The van der Waals surface area contributed by atoms with Crippen molar-refractivity contribution >= 4 is 22.8 Å². The van der Waals surface area contributed by atoms with Crippen LogP contribution in [-0.4, -0.2) is 48.6 Å². The molecular weight excluding hydrogens is 328 g/mol. The van der Waals surface area contributed by atoms with Crippen LogP contribution in [0.3, 0.4) is 0 Å². The average molecular weight is 354 g/mol. The van der Waals surface area contributed by atoms with E-state index in [-0.39, 0.29) is 11.9 Å². The lowest BCUT2D eigenvalue weighted by atomic mass is 9.98. The highest BCUT2D eigenvalue weighted by atomic mass is 16.5. The second-order valence-corrected chi connectivity index (χ2v) is 6.43. The Morgan fingerprint density at radius 1 is 1.38 bits per heavy atom. The number of aliphatic imine (C=N–C) groups is 1. The lowest BCUT2D eigenvalue weighted by Crippen LogP contribution is -2.48. The number of aromatic nitrogens is 1. The molecule has 3 rings (SSSR count). The minimum atomic E-state index is -0.106. The maximum absolute atomic E-state index is 12.1. The molecule has 1 atom stereocenters. The number of carbonyl (C=O) groups excluding carboxylic acids is 1. The summed E-state index contributed by atoms with van der Waals surface area (Å²) in [5.41, 5.74) is 2.13. The second-order valence-electron chi connectivity index (χ2n) is 6.43. The van der Waals surface area contributed by atoms with Gasteiger partial charge in [-0.15, -0.1) is 0 Å². The minimum absolute atomic E-state index is 0.0820. The van der Waals surface area contributed by atoms with Crippen molar-refractivity contribution < 1.29 is 9.53 Å². The Balaban J connectivity index is 1.67. The summed E-state index contributed by atoms with van der Waals surface area (Å²) in [4.78, 5) is 23.1. The first-order valence-electron chi connectivity index (χ1n) is 9.17. The fourth-order valence-electron chi connectivity index (χ4n) is 3.44. The number of nitrogens with zero attached hydrogens (tertiary/aromatic N) is 3. The molecule has 0 saturated carbocycles. The zero-order valence-electron chi connectivity index (χ0n) is 15.4. The molecule has 1 aliphatic heterocycles. The third kappa shape index (κ3) is 4.12. The largest absolute Gasteiger partial charge is 0.466 e. The van der Waals surface area contributed by atoms with E-state index in [9.17, 15) is 4.79 Å². The molecule has 6 nitrogen and oxygen atoms in total.